The molecule has 0 radical (unpaired) electrons. The number of benzene rings is 1. The zero-order chi connectivity index (χ0) is 16.5. The molecular formula is C13H19N3O4S2. The highest BCUT2D eigenvalue weighted by molar-refractivity contribution is 7.99. The Morgan fingerprint density at radius 1 is 1.32 bits per heavy atom. The van der Waals surface area contributed by atoms with Crippen molar-refractivity contribution in [2.45, 2.75) is 16.2 Å². The van der Waals surface area contributed by atoms with Gasteiger partial charge in [-0.1, -0.05) is 12.1 Å². The summed E-state index contributed by atoms with van der Waals surface area (Å²) in [6, 6.07) is 5.58. The van der Waals surface area contributed by atoms with Crippen LogP contribution >= 0.6 is 11.8 Å². The second-order valence-corrected chi connectivity index (χ2v) is 8.34. The Hall–Kier alpha value is -1.16. The summed E-state index contributed by atoms with van der Waals surface area (Å²) in [5.74, 6) is 0. The van der Waals surface area contributed by atoms with Gasteiger partial charge in [-0.2, -0.15) is 16.1 Å². The van der Waals surface area contributed by atoms with Gasteiger partial charge in [-0.25, -0.2) is 8.42 Å². The molecule has 1 aliphatic rings. The first-order valence-corrected chi connectivity index (χ1v) is 9.44. The number of likely N-dealkylation sites (N-methyl/N-ethyl adjacent to an activating group) is 1. The molecule has 0 amide bonds. The summed E-state index contributed by atoms with van der Waals surface area (Å²) >= 11 is 1.61. The number of thioether (sulfide) groups is 1. The fourth-order valence-corrected chi connectivity index (χ4v) is 5.32. The molecule has 7 nitrogen and oxygen atoms in total. The highest BCUT2D eigenvalue weighted by Gasteiger charge is 2.41. The summed E-state index contributed by atoms with van der Waals surface area (Å²) in [6.45, 7) is 0.700. The normalized spacial score (nSPS) is 23.1. The molecule has 2 rings (SSSR count). The van der Waals surface area contributed by atoms with E-state index in [1.807, 2.05) is 25.3 Å². The second-order valence-electron chi connectivity index (χ2n) is 5.35. The van der Waals surface area contributed by atoms with Crippen LogP contribution in [0.15, 0.2) is 29.2 Å². The first-order chi connectivity index (χ1) is 10.3. The lowest BCUT2D eigenvalue weighted by molar-refractivity contribution is -0.387. The van der Waals surface area contributed by atoms with Crippen LogP contribution in [0.25, 0.3) is 0 Å². The third-order valence-electron chi connectivity index (χ3n) is 3.85. The van der Waals surface area contributed by atoms with Crippen LogP contribution < -0.4 is 0 Å². The molecule has 1 fully saturated rings. The lowest BCUT2D eigenvalue weighted by Gasteiger charge is -2.23. The molecule has 9 heteroatoms. The van der Waals surface area contributed by atoms with E-state index in [1.54, 1.807) is 11.8 Å². The Morgan fingerprint density at radius 3 is 2.45 bits per heavy atom. The summed E-state index contributed by atoms with van der Waals surface area (Å²) in [7, 11) is -0.0488. The number of nitro benzene ring substituents is 1. The van der Waals surface area contributed by atoms with Crippen molar-refractivity contribution in [2.75, 3.05) is 33.4 Å². The predicted octanol–water partition coefficient (Wildman–Crippen LogP) is 1.26. The number of hydrogen-bond acceptors (Lipinski definition) is 6. The van der Waals surface area contributed by atoms with E-state index in [9.17, 15) is 18.5 Å². The van der Waals surface area contributed by atoms with Gasteiger partial charge in [-0.3, -0.25) is 10.1 Å². The molecule has 0 bridgehead atoms. The van der Waals surface area contributed by atoms with E-state index in [-0.39, 0.29) is 21.9 Å². The molecule has 0 unspecified atom stereocenters. The molecular weight excluding hydrogens is 326 g/mol. The number of nitrogens with zero attached hydrogens (tertiary/aromatic N) is 3. The topological polar surface area (TPSA) is 83.8 Å². The Bertz CT molecular complexity index is 663. The number of hydrogen-bond donors (Lipinski definition) is 0. The fourth-order valence-electron chi connectivity index (χ4n) is 2.61. The lowest BCUT2D eigenvalue weighted by atomic mass is 10.2. The molecule has 0 N–H and O–H groups in total. The number of sulfonamides is 1. The van der Waals surface area contributed by atoms with Crippen LogP contribution in [0.3, 0.4) is 0 Å². The second kappa shape index (κ2) is 6.53. The van der Waals surface area contributed by atoms with Gasteiger partial charge >= 0.3 is 0 Å². The number of rotatable bonds is 5. The smallest absolute Gasteiger partial charge is 0.289 e. The first kappa shape index (κ1) is 17.2. The minimum atomic E-state index is -3.87. The molecule has 1 aromatic rings. The molecule has 1 heterocycles. The van der Waals surface area contributed by atoms with Crippen molar-refractivity contribution in [1.82, 2.24) is 9.21 Å². The maximum atomic E-state index is 12.8. The monoisotopic (exact) mass is 345 g/mol. The Kier molecular flexibility index (Phi) is 5.10. The van der Waals surface area contributed by atoms with Crippen molar-refractivity contribution in [1.29, 1.82) is 0 Å². The molecule has 1 aromatic carbocycles. The first-order valence-electron chi connectivity index (χ1n) is 6.71. The zero-order valence-corrected chi connectivity index (χ0v) is 14.3. The Balaban J connectivity index is 2.39. The number of para-hydroxylation sites is 1. The number of nitro groups is 1. The molecule has 1 saturated heterocycles. The Labute approximate surface area is 134 Å². The molecule has 22 heavy (non-hydrogen) atoms. The SMILES string of the molecule is CS[C@H]1CN(S(=O)(=O)c2ccccc2[N+](=O)[O-])C[C@@H]1N(C)C. The van der Waals surface area contributed by atoms with Gasteiger partial charge in [0.25, 0.3) is 5.69 Å². The highest BCUT2D eigenvalue weighted by Crippen LogP contribution is 2.32. The largest absolute Gasteiger partial charge is 0.304 e. The van der Waals surface area contributed by atoms with Crippen LogP contribution in [0, 0.1) is 10.1 Å². The zero-order valence-electron chi connectivity index (χ0n) is 12.7. The molecule has 0 aromatic heterocycles. The third-order valence-corrected chi connectivity index (χ3v) is 6.80. The minimum Gasteiger partial charge on any atom is -0.304 e. The van der Waals surface area contributed by atoms with Gasteiger partial charge in [-0.15, -0.1) is 0 Å². The van der Waals surface area contributed by atoms with Gasteiger partial charge in [0.1, 0.15) is 0 Å². The van der Waals surface area contributed by atoms with Crippen molar-refractivity contribution in [3.8, 4) is 0 Å². The van der Waals surface area contributed by atoms with Crippen LogP contribution in [-0.2, 0) is 10.0 Å². The summed E-state index contributed by atoms with van der Waals surface area (Å²) in [6.07, 6.45) is 1.95. The van der Waals surface area contributed by atoms with E-state index in [2.05, 4.69) is 0 Å². The van der Waals surface area contributed by atoms with E-state index >= 15 is 0 Å². The van der Waals surface area contributed by atoms with Crippen molar-refractivity contribution >= 4 is 27.5 Å². The van der Waals surface area contributed by atoms with E-state index in [4.69, 9.17) is 0 Å². The third kappa shape index (κ3) is 3.12. The van der Waals surface area contributed by atoms with Crippen LogP contribution in [-0.4, -0.2) is 67.3 Å². The summed E-state index contributed by atoms with van der Waals surface area (Å²) in [4.78, 5) is 12.2. The lowest BCUT2D eigenvalue weighted by Crippen LogP contribution is -2.37. The van der Waals surface area contributed by atoms with Crippen molar-refractivity contribution in [2.24, 2.45) is 0 Å². The van der Waals surface area contributed by atoms with Gasteiger partial charge < -0.3 is 4.90 Å². The average molecular weight is 345 g/mol. The fraction of sp³-hybridized carbons (Fsp3) is 0.538. The summed E-state index contributed by atoms with van der Waals surface area (Å²) in [5.41, 5.74) is -0.378. The molecule has 1 aliphatic heterocycles. The predicted molar refractivity (Wildman–Crippen MR) is 86.6 cm³/mol. The van der Waals surface area contributed by atoms with Crippen LogP contribution in [0.5, 0.6) is 0 Å². The van der Waals surface area contributed by atoms with Gasteiger partial charge in [0.2, 0.25) is 10.0 Å². The van der Waals surface area contributed by atoms with Gasteiger partial charge in [0.05, 0.1) is 4.92 Å². The van der Waals surface area contributed by atoms with Crippen LogP contribution in [0.2, 0.25) is 0 Å². The van der Waals surface area contributed by atoms with E-state index in [1.165, 1.54) is 28.6 Å². The maximum Gasteiger partial charge on any atom is 0.289 e. The van der Waals surface area contributed by atoms with E-state index in [0.717, 1.165) is 0 Å². The van der Waals surface area contributed by atoms with Gasteiger partial charge in [0.15, 0.2) is 4.90 Å². The molecule has 122 valence electrons. The van der Waals surface area contributed by atoms with Crippen molar-refractivity contribution in [3.63, 3.8) is 0 Å². The quantitative estimate of drug-likeness (QED) is 0.590. The van der Waals surface area contributed by atoms with Crippen LogP contribution in [0.4, 0.5) is 5.69 Å². The van der Waals surface area contributed by atoms with Gasteiger partial charge in [-0.05, 0) is 26.4 Å². The van der Waals surface area contributed by atoms with Gasteiger partial charge in [0, 0.05) is 30.4 Å². The van der Waals surface area contributed by atoms with Crippen molar-refractivity contribution in [3.05, 3.63) is 34.4 Å². The Morgan fingerprint density at radius 2 is 1.95 bits per heavy atom. The average Bonchev–Trinajstić information content (AvgIpc) is 2.92. The van der Waals surface area contributed by atoms with Crippen molar-refractivity contribution < 1.29 is 13.3 Å². The molecule has 0 aliphatic carbocycles. The molecule has 2 atom stereocenters. The minimum absolute atomic E-state index is 0.0903. The van der Waals surface area contributed by atoms with Crippen LogP contribution in [0.1, 0.15) is 0 Å². The highest BCUT2D eigenvalue weighted by atomic mass is 32.2. The molecule has 0 spiro atoms. The molecule has 0 saturated carbocycles. The van der Waals surface area contributed by atoms with E-state index < -0.39 is 14.9 Å². The standard InChI is InChI=1S/C13H19N3O4S2/c1-14(2)11-8-15(9-12(11)21-3)22(19,20)13-7-5-4-6-10(13)16(17)18/h4-7,11-12H,8-9H2,1-3H3/t11-,12-/m0/s1. The summed E-state index contributed by atoms with van der Waals surface area (Å²) in [5, 5.41) is 11.2. The van der Waals surface area contributed by atoms with E-state index in [0.29, 0.717) is 13.1 Å². The summed E-state index contributed by atoms with van der Waals surface area (Å²) < 4.78 is 26.9. The maximum absolute atomic E-state index is 12.8.